The van der Waals surface area contributed by atoms with Gasteiger partial charge in [0.25, 0.3) is 0 Å². The van der Waals surface area contributed by atoms with Gasteiger partial charge < -0.3 is 14.2 Å². The first-order chi connectivity index (χ1) is 10.6. The number of carbonyl (C=O) groups is 2. The summed E-state index contributed by atoms with van der Waals surface area (Å²) >= 11 is 2.11. The fourth-order valence-electron chi connectivity index (χ4n) is 1.98. The Hall–Kier alpha value is -2.09. The molecule has 0 aliphatic carbocycles. The monoisotopic (exact) mass is 410 g/mol. The Morgan fingerprint density at radius 2 is 1.86 bits per heavy atom. The first kappa shape index (κ1) is 14.8. The predicted molar refractivity (Wildman–Crippen MR) is 86.3 cm³/mol. The minimum atomic E-state index is -0.521. The van der Waals surface area contributed by atoms with E-state index in [1.54, 1.807) is 36.4 Å². The number of hydrogen-bond donors (Lipinski definition) is 0. The average molecular weight is 410 g/mol. The number of fused-ring (bicyclic) bond motifs is 1. The van der Waals surface area contributed by atoms with E-state index in [9.17, 15) is 9.59 Å². The molecule has 0 saturated carbocycles. The van der Waals surface area contributed by atoms with Crippen molar-refractivity contribution in [2.24, 2.45) is 0 Å². The molecule has 1 aliphatic heterocycles. The van der Waals surface area contributed by atoms with Gasteiger partial charge in [0, 0.05) is 9.13 Å². The summed E-state index contributed by atoms with van der Waals surface area (Å²) in [7, 11) is 0. The van der Waals surface area contributed by atoms with Crippen LogP contribution in [-0.4, -0.2) is 25.2 Å². The van der Waals surface area contributed by atoms with Crippen LogP contribution in [0.1, 0.15) is 20.7 Å². The molecule has 22 heavy (non-hydrogen) atoms. The molecule has 0 atom stereocenters. The molecule has 5 nitrogen and oxygen atoms in total. The van der Waals surface area contributed by atoms with E-state index in [-0.39, 0.29) is 19.2 Å². The van der Waals surface area contributed by atoms with Gasteiger partial charge in [0.05, 0.1) is 5.56 Å². The van der Waals surface area contributed by atoms with Crippen LogP contribution in [0.2, 0.25) is 0 Å². The maximum atomic E-state index is 12.1. The first-order valence-electron chi connectivity index (χ1n) is 6.49. The molecule has 0 bridgehead atoms. The number of benzene rings is 2. The third-order valence-electron chi connectivity index (χ3n) is 3.09. The number of esters is 1. The Balaban J connectivity index is 1.64. The standard InChI is InChI=1S/C16H11IO5/c17-12-3-1-2-11(6-12)16(19)20-8-13(18)10-4-5-14-15(7-10)22-9-21-14/h1-7H,8-9H2. The zero-order valence-electron chi connectivity index (χ0n) is 11.4. The Labute approximate surface area is 140 Å². The SMILES string of the molecule is O=C(COC(=O)c1cccc(I)c1)c1ccc2c(c1)OCO2. The van der Waals surface area contributed by atoms with E-state index >= 15 is 0 Å². The van der Waals surface area contributed by atoms with E-state index in [2.05, 4.69) is 22.6 Å². The van der Waals surface area contributed by atoms with E-state index in [0.29, 0.717) is 22.6 Å². The van der Waals surface area contributed by atoms with Crippen LogP contribution in [0.25, 0.3) is 0 Å². The zero-order valence-corrected chi connectivity index (χ0v) is 13.5. The van der Waals surface area contributed by atoms with Gasteiger partial charge in [-0.1, -0.05) is 6.07 Å². The maximum Gasteiger partial charge on any atom is 0.338 e. The van der Waals surface area contributed by atoms with Crippen molar-refractivity contribution in [3.63, 3.8) is 0 Å². The number of hydrogen-bond acceptors (Lipinski definition) is 5. The van der Waals surface area contributed by atoms with Crippen molar-refractivity contribution in [3.05, 3.63) is 57.2 Å². The van der Waals surface area contributed by atoms with Crippen molar-refractivity contribution >= 4 is 34.3 Å². The molecule has 2 aromatic carbocycles. The van der Waals surface area contributed by atoms with E-state index in [1.807, 2.05) is 6.07 Å². The number of halogens is 1. The summed E-state index contributed by atoms with van der Waals surface area (Å²) in [5.74, 6) is 0.312. The van der Waals surface area contributed by atoms with Gasteiger partial charge in [-0.05, 0) is 59.0 Å². The largest absolute Gasteiger partial charge is 0.454 e. The smallest absolute Gasteiger partial charge is 0.338 e. The fourth-order valence-corrected chi connectivity index (χ4v) is 2.53. The fraction of sp³-hybridized carbons (Fsp3) is 0.125. The molecule has 0 N–H and O–H groups in total. The van der Waals surface area contributed by atoms with E-state index < -0.39 is 5.97 Å². The molecule has 2 aromatic rings. The second-order valence-electron chi connectivity index (χ2n) is 4.58. The highest BCUT2D eigenvalue weighted by Crippen LogP contribution is 2.32. The highest BCUT2D eigenvalue weighted by atomic mass is 127. The number of rotatable bonds is 4. The molecule has 1 heterocycles. The van der Waals surface area contributed by atoms with Gasteiger partial charge in [-0.15, -0.1) is 0 Å². The number of ketones is 1. The molecule has 0 saturated heterocycles. The van der Waals surface area contributed by atoms with Crippen LogP contribution in [0, 0.1) is 3.57 Å². The molecular formula is C16H11IO5. The normalized spacial score (nSPS) is 12.0. The Morgan fingerprint density at radius 1 is 1.05 bits per heavy atom. The summed E-state index contributed by atoms with van der Waals surface area (Å²) < 4.78 is 16.4. The summed E-state index contributed by atoms with van der Waals surface area (Å²) in [5, 5.41) is 0. The lowest BCUT2D eigenvalue weighted by Gasteiger charge is -2.05. The van der Waals surface area contributed by atoms with Crippen LogP contribution >= 0.6 is 22.6 Å². The van der Waals surface area contributed by atoms with E-state index in [4.69, 9.17) is 14.2 Å². The molecule has 0 aromatic heterocycles. The van der Waals surface area contributed by atoms with Gasteiger partial charge in [0.2, 0.25) is 6.79 Å². The minimum absolute atomic E-state index is 0.147. The van der Waals surface area contributed by atoms with Gasteiger partial charge in [-0.25, -0.2) is 4.79 Å². The molecule has 0 spiro atoms. The predicted octanol–water partition coefficient (Wildman–Crippen LogP) is 3.06. The molecule has 0 radical (unpaired) electrons. The van der Waals surface area contributed by atoms with Gasteiger partial charge in [-0.3, -0.25) is 4.79 Å². The van der Waals surface area contributed by atoms with Crippen LogP contribution in [0.5, 0.6) is 11.5 Å². The zero-order chi connectivity index (χ0) is 15.5. The van der Waals surface area contributed by atoms with Gasteiger partial charge in [-0.2, -0.15) is 0 Å². The molecule has 1 aliphatic rings. The van der Waals surface area contributed by atoms with Crippen molar-refractivity contribution in [3.8, 4) is 11.5 Å². The average Bonchev–Trinajstić information content (AvgIpc) is 2.99. The molecule has 0 unspecified atom stereocenters. The van der Waals surface area contributed by atoms with Crippen molar-refractivity contribution < 1.29 is 23.8 Å². The third-order valence-corrected chi connectivity index (χ3v) is 3.76. The highest BCUT2D eigenvalue weighted by molar-refractivity contribution is 14.1. The number of carbonyl (C=O) groups excluding carboxylic acids is 2. The van der Waals surface area contributed by atoms with Crippen LogP contribution < -0.4 is 9.47 Å². The Kier molecular flexibility index (Phi) is 4.28. The minimum Gasteiger partial charge on any atom is -0.454 e. The number of ether oxygens (including phenoxy) is 3. The molecule has 3 rings (SSSR count). The van der Waals surface area contributed by atoms with Crippen LogP contribution in [-0.2, 0) is 4.74 Å². The highest BCUT2D eigenvalue weighted by Gasteiger charge is 2.17. The lowest BCUT2D eigenvalue weighted by atomic mass is 10.1. The van der Waals surface area contributed by atoms with Crippen molar-refractivity contribution in [2.45, 2.75) is 0 Å². The lowest BCUT2D eigenvalue weighted by molar-refractivity contribution is 0.0474. The van der Waals surface area contributed by atoms with Crippen LogP contribution in [0.3, 0.4) is 0 Å². The summed E-state index contributed by atoms with van der Waals surface area (Å²) in [6.45, 7) is -0.168. The summed E-state index contributed by atoms with van der Waals surface area (Å²) in [6.07, 6.45) is 0. The van der Waals surface area contributed by atoms with E-state index in [0.717, 1.165) is 3.57 Å². The quantitative estimate of drug-likeness (QED) is 0.441. The second kappa shape index (κ2) is 6.35. The van der Waals surface area contributed by atoms with Crippen molar-refractivity contribution in [2.75, 3.05) is 13.4 Å². The van der Waals surface area contributed by atoms with Crippen LogP contribution in [0.4, 0.5) is 0 Å². The summed E-state index contributed by atoms with van der Waals surface area (Å²) in [5.41, 5.74) is 0.838. The molecule has 0 amide bonds. The van der Waals surface area contributed by atoms with E-state index in [1.165, 1.54) is 0 Å². The van der Waals surface area contributed by atoms with Crippen molar-refractivity contribution in [1.29, 1.82) is 0 Å². The summed E-state index contributed by atoms with van der Waals surface area (Å²) in [6, 6.07) is 11.9. The lowest BCUT2D eigenvalue weighted by Crippen LogP contribution is -2.14. The Morgan fingerprint density at radius 3 is 2.68 bits per heavy atom. The molecular weight excluding hydrogens is 399 g/mol. The van der Waals surface area contributed by atoms with Gasteiger partial charge >= 0.3 is 5.97 Å². The maximum absolute atomic E-state index is 12.1. The molecule has 0 fully saturated rings. The summed E-state index contributed by atoms with van der Waals surface area (Å²) in [4.78, 5) is 24.0. The second-order valence-corrected chi connectivity index (χ2v) is 5.82. The topological polar surface area (TPSA) is 61.8 Å². The first-order valence-corrected chi connectivity index (χ1v) is 7.57. The van der Waals surface area contributed by atoms with Gasteiger partial charge in [0.1, 0.15) is 0 Å². The molecule has 112 valence electrons. The van der Waals surface area contributed by atoms with Crippen molar-refractivity contribution in [1.82, 2.24) is 0 Å². The van der Waals surface area contributed by atoms with Crippen LogP contribution in [0.15, 0.2) is 42.5 Å². The molecule has 6 heteroatoms. The Bertz CT molecular complexity index is 741. The third kappa shape index (κ3) is 3.22. The van der Waals surface area contributed by atoms with Gasteiger partial charge in [0.15, 0.2) is 23.9 Å². The number of Topliss-reactive ketones (excluding diaryl/α,β-unsaturated/α-hetero) is 1.